The molecular weight excluding hydrogens is 442 g/mol. The lowest BCUT2D eigenvalue weighted by atomic mass is 9.92. The van der Waals surface area contributed by atoms with E-state index < -0.39 is 0 Å². The number of aromatic nitrogens is 2. The molecule has 0 spiro atoms. The van der Waals surface area contributed by atoms with Crippen LogP contribution in [0.1, 0.15) is 51.6 Å². The molecule has 33 heavy (non-hydrogen) atoms. The van der Waals surface area contributed by atoms with E-state index in [1.807, 2.05) is 13.8 Å². The molecule has 3 N–H and O–H groups in total. The number of rotatable bonds is 8. The lowest BCUT2D eigenvalue weighted by Crippen LogP contribution is -2.42. The highest BCUT2D eigenvalue weighted by molar-refractivity contribution is 6.31. The number of amides is 2. The third-order valence-corrected chi connectivity index (χ3v) is 5.66. The summed E-state index contributed by atoms with van der Waals surface area (Å²) in [7, 11) is 0. The standard InChI is InChI=1S/C24H28ClN5O3/c1-15-21(16(2)33-29-15)23(32)30(14-24(3,4)13-26)12-18-10-19(7-8-20(18)25)28-22(31)17-6-5-9-27-11-17/h5-11H,12-14,26H2,1-4H3,(H,28,31). The summed E-state index contributed by atoms with van der Waals surface area (Å²) < 4.78 is 5.20. The van der Waals surface area contributed by atoms with Crippen LogP contribution in [-0.4, -0.2) is 39.9 Å². The zero-order valence-electron chi connectivity index (χ0n) is 19.2. The smallest absolute Gasteiger partial charge is 0.259 e. The Kier molecular flexibility index (Phi) is 7.50. The van der Waals surface area contributed by atoms with Crippen molar-refractivity contribution in [2.75, 3.05) is 18.4 Å². The van der Waals surface area contributed by atoms with E-state index in [0.29, 0.717) is 51.9 Å². The van der Waals surface area contributed by atoms with Crippen LogP contribution in [0.2, 0.25) is 5.02 Å². The number of aryl methyl sites for hydroxylation is 2. The number of benzene rings is 1. The zero-order valence-corrected chi connectivity index (χ0v) is 19.9. The molecule has 0 unspecified atom stereocenters. The fraction of sp³-hybridized carbons (Fsp3) is 0.333. The number of carbonyl (C=O) groups is 2. The number of carbonyl (C=O) groups excluding carboxylic acids is 2. The van der Waals surface area contributed by atoms with Crippen molar-refractivity contribution in [2.24, 2.45) is 11.1 Å². The van der Waals surface area contributed by atoms with E-state index in [9.17, 15) is 9.59 Å². The van der Waals surface area contributed by atoms with Crippen LogP contribution in [0.25, 0.3) is 0 Å². The Morgan fingerprint density at radius 2 is 2.00 bits per heavy atom. The van der Waals surface area contributed by atoms with Crippen LogP contribution >= 0.6 is 11.6 Å². The van der Waals surface area contributed by atoms with E-state index in [4.69, 9.17) is 21.9 Å². The normalized spacial score (nSPS) is 11.3. The van der Waals surface area contributed by atoms with E-state index in [2.05, 4.69) is 15.5 Å². The van der Waals surface area contributed by atoms with Gasteiger partial charge in [-0.15, -0.1) is 0 Å². The topological polar surface area (TPSA) is 114 Å². The summed E-state index contributed by atoms with van der Waals surface area (Å²) in [5, 5.41) is 7.24. The lowest BCUT2D eigenvalue weighted by Gasteiger charge is -2.32. The Morgan fingerprint density at radius 1 is 1.24 bits per heavy atom. The van der Waals surface area contributed by atoms with E-state index in [1.54, 1.807) is 55.3 Å². The molecule has 0 radical (unpaired) electrons. The molecule has 0 bridgehead atoms. The van der Waals surface area contributed by atoms with Crippen molar-refractivity contribution in [3.05, 3.63) is 75.9 Å². The third kappa shape index (κ3) is 5.97. The average molecular weight is 470 g/mol. The largest absolute Gasteiger partial charge is 0.361 e. The third-order valence-electron chi connectivity index (χ3n) is 5.29. The zero-order chi connectivity index (χ0) is 24.2. The first kappa shape index (κ1) is 24.4. The second-order valence-corrected chi connectivity index (χ2v) is 9.14. The molecule has 1 aromatic carbocycles. The molecular formula is C24H28ClN5O3. The molecule has 0 aliphatic heterocycles. The van der Waals surface area contributed by atoms with Crippen LogP contribution in [-0.2, 0) is 6.54 Å². The number of hydrogen-bond donors (Lipinski definition) is 2. The molecule has 2 aromatic heterocycles. The van der Waals surface area contributed by atoms with Crippen molar-refractivity contribution in [3.63, 3.8) is 0 Å². The first-order chi connectivity index (χ1) is 15.6. The monoisotopic (exact) mass is 469 g/mol. The number of halogens is 1. The summed E-state index contributed by atoms with van der Waals surface area (Å²) >= 11 is 6.47. The molecule has 0 aliphatic carbocycles. The summed E-state index contributed by atoms with van der Waals surface area (Å²) in [6.07, 6.45) is 3.09. The van der Waals surface area contributed by atoms with Gasteiger partial charge in [0, 0.05) is 36.2 Å². The van der Waals surface area contributed by atoms with Gasteiger partial charge in [-0.3, -0.25) is 14.6 Å². The van der Waals surface area contributed by atoms with Gasteiger partial charge in [0.15, 0.2) is 0 Å². The van der Waals surface area contributed by atoms with Gasteiger partial charge in [-0.2, -0.15) is 0 Å². The van der Waals surface area contributed by atoms with Gasteiger partial charge in [0.2, 0.25) is 0 Å². The van der Waals surface area contributed by atoms with Crippen LogP contribution in [0.15, 0.2) is 47.2 Å². The van der Waals surface area contributed by atoms with E-state index in [1.165, 1.54) is 6.20 Å². The Bertz CT molecular complexity index is 1120. The van der Waals surface area contributed by atoms with Gasteiger partial charge in [0.1, 0.15) is 11.3 Å². The van der Waals surface area contributed by atoms with Crippen LogP contribution in [0, 0.1) is 19.3 Å². The van der Waals surface area contributed by atoms with Crippen LogP contribution in [0.4, 0.5) is 5.69 Å². The minimum absolute atomic E-state index is 0.214. The number of hydrogen-bond acceptors (Lipinski definition) is 6. The van der Waals surface area contributed by atoms with Crippen LogP contribution in [0.3, 0.4) is 0 Å². The lowest BCUT2D eigenvalue weighted by molar-refractivity contribution is 0.0670. The van der Waals surface area contributed by atoms with Gasteiger partial charge in [-0.05, 0) is 61.7 Å². The molecule has 0 saturated carbocycles. The maximum absolute atomic E-state index is 13.5. The highest BCUT2D eigenvalue weighted by Crippen LogP contribution is 2.27. The first-order valence-corrected chi connectivity index (χ1v) is 10.9. The predicted octanol–water partition coefficient (Wildman–Crippen LogP) is 4.22. The number of pyridine rings is 1. The molecule has 3 aromatic rings. The molecule has 0 aliphatic rings. The number of nitrogens with two attached hydrogens (primary N) is 1. The Morgan fingerprint density at radius 3 is 2.61 bits per heavy atom. The molecule has 174 valence electrons. The van der Waals surface area contributed by atoms with Crippen molar-refractivity contribution >= 4 is 29.1 Å². The minimum Gasteiger partial charge on any atom is -0.361 e. The van der Waals surface area contributed by atoms with Gasteiger partial charge in [-0.1, -0.05) is 30.6 Å². The summed E-state index contributed by atoms with van der Waals surface area (Å²) in [5.74, 6) is -0.0467. The highest BCUT2D eigenvalue weighted by atomic mass is 35.5. The van der Waals surface area contributed by atoms with Crippen molar-refractivity contribution in [3.8, 4) is 0 Å². The second kappa shape index (κ2) is 10.1. The fourth-order valence-corrected chi connectivity index (χ4v) is 3.58. The number of anilines is 1. The summed E-state index contributed by atoms with van der Waals surface area (Å²) in [6.45, 7) is 8.45. The predicted molar refractivity (Wildman–Crippen MR) is 127 cm³/mol. The highest BCUT2D eigenvalue weighted by Gasteiger charge is 2.29. The Hall–Kier alpha value is -3.23. The number of nitrogens with one attached hydrogen (secondary N) is 1. The molecule has 3 rings (SSSR count). The summed E-state index contributed by atoms with van der Waals surface area (Å²) in [4.78, 5) is 31.6. The summed E-state index contributed by atoms with van der Waals surface area (Å²) in [6, 6.07) is 8.55. The van der Waals surface area contributed by atoms with E-state index >= 15 is 0 Å². The van der Waals surface area contributed by atoms with Gasteiger partial charge >= 0.3 is 0 Å². The van der Waals surface area contributed by atoms with Gasteiger partial charge in [0.25, 0.3) is 11.8 Å². The molecule has 8 nitrogen and oxygen atoms in total. The fourth-order valence-electron chi connectivity index (χ4n) is 3.41. The van der Waals surface area contributed by atoms with Crippen molar-refractivity contribution in [1.29, 1.82) is 0 Å². The van der Waals surface area contributed by atoms with E-state index in [-0.39, 0.29) is 23.8 Å². The van der Waals surface area contributed by atoms with Gasteiger partial charge < -0.3 is 20.5 Å². The molecule has 2 amide bonds. The molecule has 2 heterocycles. The maximum Gasteiger partial charge on any atom is 0.259 e. The van der Waals surface area contributed by atoms with Crippen molar-refractivity contribution in [2.45, 2.75) is 34.2 Å². The molecule has 0 saturated heterocycles. The van der Waals surface area contributed by atoms with Gasteiger partial charge in [-0.25, -0.2) is 0 Å². The SMILES string of the molecule is Cc1noc(C)c1C(=O)N(Cc1cc(NC(=O)c2cccnc2)ccc1Cl)CC(C)(C)CN. The Labute approximate surface area is 198 Å². The molecule has 9 heteroatoms. The summed E-state index contributed by atoms with van der Waals surface area (Å²) in [5.41, 5.74) is 8.26. The van der Waals surface area contributed by atoms with Crippen molar-refractivity contribution in [1.82, 2.24) is 15.0 Å². The number of nitrogens with zero attached hydrogens (tertiary/aromatic N) is 3. The molecule has 0 atom stereocenters. The van der Waals surface area contributed by atoms with Crippen LogP contribution < -0.4 is 11.1 Å². The van der Waals surface area contributed by atoms with Crippen LogP contribution in [0.5, 0.6) is 0 Å². The first-order valence-electron chi connectivity index (χ1n) is 10.5. The maximum atomic E-state index is 13.5. The van der Waals surface area contributed by atoms with Crippen molar-refractivity contribution < 1.29 is 14.1 Å². The second-order valence-electron chi connectivity index (χ2n) is 8.73. The quantitative estimate of drug-likeness (QED) is 0.510. The average Bonchev–Trinajstić information content (AvgIpc) is 3.13. The minimum atomic E-state index is -0.326. The van der Waals surface area contributed by atoms with Gasteiger partial charge in [0.05, 0.1) is 11.3 Å². The Balaban J connectivity index is 1.89. The van der Waals surface area contributed by atoms with E-state index in [0.717, 1.165) is 0 Å². The molecule has 0 fully saturated rings.